The van der Waals surface area contributed by atoms with Crippen LogP contribution in [0.4, 0.5) is 5.69 Å². The molecule has 1 rings (SSSR count). The minimum absolute atomic E-state index is 0.0649. The molecule has 0 aliphatic carbocycles. The van der Waals surface area contributed by atoms with Gasteiger partial charge in [0.25, 0.3) is 5.69 Å². The minimum atomic E-state index is -0.555. The Labute approximate surface area is 85.2 Å². The average molecular weight is 209 g/mol. The highest BCUT2D eigenvalue weighted by Crippen LogP contribution is 2.25. The highest BCUT2D eigenvalue weighted by molar-refractivity contribution is 6.32. The van der Waals surface area contributed by atoms with Crippen LogP contribution in [0.1, 0.15) is 5.56 Å². The molecule has 0 aliphatic heterocycles. The maximum Gasteiger partial charge on any atom is 0.287 e. The largest absolute Gasteiger partial charge is 0.287 e. The summed E-state index contributed by atoms with van der Waals surface area (Å²) in [5.41, 5.74) is 0.517. The van der Waals surface area contributed by atoms with E-state index in [4.69, 9.17) is 16.9 Å². The van der Waals surface area contributed by atoms with Crippen LogP contribution < -0.4 is 0 Å². The summed E-state index contributed by atoms with van der Waals surface area (Å²) in [5.74, 6) is 0. The summed E-state index contributed by atoms with van der Waals surface area (Å²) in [6.45, 7) is 0. The van der Waals surface area contributed by atoms with Crippen molar-refractivity contribution in [2.24, 2.45) is 0 Å². The van der Waals surface area contributed by atoms with Crippen molar-refractivity contribution >= 4 is 23.4 Å². The van der Waals surface area contributed by atoms with E-state index in [1.165, 1.54) is 30.4 Å². The van der Waals surface area contributed by atoms with Gasteiger partial charge in [0.05, 0.1) is 11.0 Å². The van der Waals surface area contributed by atoms with Crippen molar-refractivity contribution in [1.82, 2.24) is 0 Å². The maximum atomic E-state index is 10.4. The molecule has 0 N–H and O–H groups in total. The first-order valence-corrected chi connectivity index (χ1v) is 4.03. The van der Waals surface area contributed by atoms with Crippen LogP contribution in [0.15, 0.2) is 24.3 Å². The quantitative estimate of drug-likeness (QED) is 0.426. The molecule has 1 aromatic rings. The molecule has 0 unspecified atom stereocenters. The zero-order valence-electron chi connectivity index (χ0n) is 6.98. The van der Waals surface area contributed by atoms with Gasteiger partial charge in [-0.2, -0.15) is 5.26 Å². The van der Waals surface area contributed by atoms with Crippen LogP contribution >= 0.6 is 11.6 Å². The van der Waals surface area contributed by atoms with E-state index in [1.54, 1.807) is 0 Å². The number of rotatable bonds is 2. The van der Waals surface area contributed by atoms with Gasteiger partial charge in [-0.1, -0.05) is 11.6 Å². The van der Waals surface area contributed by atoms with Crippen LogP contribution in [0.5, 0.6) is 0 Å². The summed E-state index contributed by atoms with van der Waals surface area (Å²) in [5, 5.41) is 18.7. The van der Waals surface area contributed by atoms with E-state index in [0.29, 0.717) is 5.56 Å². The predicted octanol–water partition coefficient (Wildman–Crippen LogP) is 2.78. The number of nitriles is 1. The van der Waals surface area contributed by atoms with E-state index >= 15 is 0 Å². The van der Waals surface area contributed by atoms with Crippen LogP contribution in [-0.2, 0) is 0 Å². The molecule has 0 bridgehead atoms. The van der Waals surface area contributed by atoms with Crippen LogP contribution in [0.25, 0.3) is 6.08 Å². The minimum Gasteiger partial charge on any atom is -0.258 e. The molecule has 0 aromatic heterocycles. The fraction of sp³-hybridized carbons (Fsp3) is 0. The Kier molecular flexibility index (Phi) is 3.21. The Bertz CT molecular complexity index is 435. The lowest BCUT2D eigenvalue weighted by Gasteiger charge is -1.96. The zero-order valence-corrected chi connectivity index (χ0v) is 7.73. The third-order valence-electron chi connectivity index (χ3n) is 1.52. The summed E-state index contributed by atoms with van der Waals surface area (Å²) in [6.07, 6.45) is 2.80. The van der Waals surface area contributed by atoms with Gasteiger partial charge in [0.1, 0.15) is 5.02 Å². The first-order valence-electron chi connectivity index (χ1n) is 3.65. The van der Waals surface area contributed by atoms with Crippen LogP contribution in [-0.4, -0.2) is 4.92 Å². The van der Waals surface area contributed by atoms with Gasteiger partial charge in [0.15, 0.2) is 0 Å². The Morgan fingerprint density at radius 1 is 1.57 bits per heavy atom. The monoisotopic (exact) mass is 208 g/mol. The van der Waals surface area contributed by atoms with Gasteiger partial charge in [-0.05, 0) is 23.8 Å². The van der Waals surface area contributed by atoms with Crippen molar-refractivity contribution in [2.45, 2.75) is 0 Å². The normalized spacial score (nSPS) is 10.0. The average Bonchev–Trinajstić information content (AvgIpc) is 2.14. The van der Waals surface area contributed by atoms with Crippen molar-refractivity contribution in [3.05, 3.63) is 45.0 Å². The highest BCUT2D eigenvalue weighted by Gasteiger charge is 2.10. The third-order valence-corrected chi connectivity index (χ3v) is 1.82. The van der Waals surface area contributed by atoms with Crippen molar-refractivity contribution in [3.63, 3.8) is 0 Å². The second-order valence-electron chi connectivity index (χ2n) is 2.43. The summed E-state index contributed by atoms with van der Waals surface area (Å²) >= 11 is 5.64. The number of nitro benzene ring substituents is 1. The lowest BCUT2D eigenvalue weighted by Crippen LogP contribution is -1.88. The van der Waals surface area contributed by atoms with Crippen molar-refractivity contribution in [2.75, 3.05) is 0 Å². The van der Waals surface area contributed by atoms with E-state index in [0.717, 1.165) is 0 Å². The fourth-order valence-corrected chi connectivity index (χ4v) is 1.17. The van der Waals surface area contributed by atoms with E-state index in [9.17, 15) is 10.1 Å². The molecule has 70 valence electrons. The van der Waals surface area contributed by atoms with E-state index < -0.39 is 4.92 Å². The Balaban J connectivity index is 3.08. The molecule has 0 saturated heterocycles. The van der Waals surface area contributed by atoms with Gasteiger partial charge in [-0.25, -0.2) is 0 Å². The van der Waals surface area contributed by atoms with Crippen LogP contribution in [0.3, 0.4) is 0 Å². The lowest BCUT2D eigenvalue weighted by atomic mass is 10.2. The van der Waals surface area contributed by atoms with Gasteiger partial charge in [-0.15, -0.1) is 0 Å². The van der Waals surface area contributed by atoms with Gasteiger partial charge in [-0.3, -0.25) is 10.1 Å². The fourth-order valence-electron chi connectivity index (χ4n) is 0.908. The molecule has 0 aliphatic rings. The molecule has 0 atom stereocenters. The molecule has 0 spiro atoms. The number of hydrogen-bond acceptors (Lipinski definition) is 3. The molecule has 0 heterocycles. The topological polar surface area (TPSA) is 66.9 Å². The summed E-state index contributed by atoms with van der Waals surface area (Å²) in [4.78, 5) is 9.84. The first kappa shape index (κ1) is 10.2. The van der Waals surface area contributed by atoms with E-state index in [1.807, 2.05) is 6.07 Å². The Hall–Kier alpha value is -1.86. The Morgan fingerprint density at radius 2 is 2.29 bits per heavy atom. The van der Waals surface area contributed by atoms with Gasteiger partial charge < -0.3 is 0 Å². The summed E-state index contributed by atoms with van der Waals surface area (Å²) in [7, 11) is 0. The second kappa shape index (κ2) is 4.40. The molecule has 14 heavy (non-hydrogen) atoms. The van der Waals surface area contributed by atoms with Crippen LogP contribution in [0, 0.1) is 21.4 Å². The van der Waals surface area contributed by atoms with Crippen molar-refractivity contribution in [3.8, 4) is 6.07 Å². The molecule has 0 radical (unpaired) electrons. The number of allylic oxidation sites excluding steroid dienone is 1. The number of hydrogen-bond donors (Lipinski definition) is 0. The molecule has 5 heteroatoms. The van der Waals surface area contributed by atoms with Crippen molar-refractivity contribution < 1.29 is 4.92 Å². The zero-order chi connectivity index (χ0) is 10.6. The van der Waals surface area contributed by atoms with E-state index in [-0.39, 0.29) is 10.7 Å². The second-order valence-corrected chi connectivity index (χ2v) is 2.84. The predicted molar refractivity (Wildman–Crippen MR) is 52.8 cm³/mol. The van der Waals surface area contributed by atoms with Crippen molar-refractivity contribution in [1.29, 1.82) is 5.26 Å². The van der Waals surface area contributed by atoms with Gasteiger partial charge in [0, 0.05) is 12.1 Å². The molecular weight excluding hydrogens is 204 g/mol. The van der Waals surface area contributed by atoms with E-state index in [2.05, 4.69) is 0 Å². The number of nitrogens with zero attached hydrogens (tertiary/aromatic N) is 2. The Morgan fingerprint density at radius 3 is 2.79 bits per heavy atom. The molecule has 4 nitrogen and oxygen atoms in total. The molecular formula is C9H5ClN2O2. The SMILES string of the molecule is N#CC=Cc1ccc([N+](=O)[O-])c(Cl)c1. The smallest absolute Gasteiger partial charge is 0.258 e. The van der Waals surface area contributed by atoms with Crippen LogP contribution in [0.2, 0.25) is 5.02 Å². The first-order chi connectivity index (χ1) is 6.65. The molecule has 1 aromatic carbocycles. The van der Waals surface area contributed by atoms with Gasteiger partial charge >= 0.3 is 0 Å². The molecule has 0 fully saturated rings. The number of halogens is 1. The molecule has 0 amide bonds. The number of benzene rings is 1. The molecule has 0 saturated carbocycles. The van der Waals surface area contributed by atoms with Gasteiger partial charge in [0.2, 0.25) is 0 Å². The maximum absolute atomic E-state index is 10.4. The number of nitro groups is 1. The standard InChI is InChI=1S/C9H5ClN2O2/c10-8-6-7(2-1-5-11)3-4-9(8)12(13)14/h1-4,6H. The lowest BCUT2D eigenvalue weighted by molar-refractivity contribution is -0.384. The summed E-state index contributed by atoms with van der Waals surface area (Å²) in [6, 6.07) is 6.08. The highest BCUT2D eigenvalue weighted by atomic mass is 35.5. The summed E-state index contributed by atoms with van der Waals surface area (Å²) < 4.78 is 0. The third kappa shape index (κ3) is 2.31.